The van der Waals surface area contributed by atoms with Gasteiger partial charge in [-0.2, -0.15) is 0 Å². The van der Waals surface area contributed by atoms with Gasteiger partial charge in [0.2, 0.25) is 0 Å². The summed E-state index contributed by atoms with van der Waals surface area (Å²) in [5.74, 6) is 0. The summed E-state index contributed by atoms with van der Waals surface area (Å²) in [4.78, 5) is 0. The Morgan fingerprint density at radius 3 is 0.600 bits per heavy atom. The van der Waals surface area contributed by atoms with Gasteiger partial charge in [-0.3, -0.25) is 0 Å². The maximum atomic E-state index is 0. The molecule has 0 aromatic carbocycles. The third kappa shape index (κ3) is 25.3. The zero-order chi connectivity index (χ0) is 0. The predicted octanol–water partition coefficient (Wildman–Crippen LogP) is 0.893. The third-order valence-corrected chi connectivity index (χ3v) is 0. The first-order valence-corrected chi connectivity index (χ1v) is 0. The molecular weight excluding hydrogens is 310 g/mol. The summed E-state index contributed by atoms with van der Waals surface area (Å²) in [7, 11) is 0. The molecule has 0 fully saturated rings. The molecular formula is C2H6V2W-2. The van der Waals surface area contributed by atoms with Gasteiger partial charge < -0.3 is 14.9 Å². The van der Waals surface area contributed by atoms with Crippen molar-refractivity contribution in [1.82, 2.24) is 0 Å². The smallest absolute Gasteiger partial charge is 0 e. The molecule has 0 aromatic heterocycles. The van der Waals surface area contributed by atoms with E-state index < -0.39 is 0 Å². The van der Waals surface area contributed by atoms with Crippen molar-refractivity contribution in [3.63, 3.8) is 0 Å². The molecule has 0 bridgehead atoms. The molecule has 0 saturated heterocycles. The standard InChI is InChI=1S/2CH3.2V.W/h2*1H3;;;/q2*-1;;;. The summed E-state index contributed by atoms with van der Waals surface area (Å²) in [6, 6.07) is 0. The van der Waals surface area contributed by atoms with Gasteiger partial charge in [-0.1, -0.05) is 0 Å². The molecule has 2 radical (unpaired) electrons. The van der Waals surface area contributed by atoms with E-state index in [2.05, 4.69) is 0 Å². The van der Waals surface area contributed by atoms with E-state index in [0.29, 0.717) is 0 Å². The summed E-state index contributed by atoms with van der Waals surface area (Å²) < 4.78 is 0. The van der Waals surface area contributed by atoms with Gasteiger partial charge in [-0.05, 0) is 0 Å². The van der Waals surface area contributed by atoms with Gasteiger partial charge in [0, 0.05) is 58.2 Å². The predicted molar refractivity (Wildman–Crippen MR) is 12.8 cm³/mol. The average molecular weight is 316 g/mol. The van der Waals surface area contributed by atoms with E-state index in [0.717, 1.165) is 0 Å². The van der Waals surface area contributed by atoms with E-state index >= 15 is 0 Å². The van der Waals surface area contributed by atoms with Crippen molar-refractivity contribution < 1.29 is 58.2 Å². The van der Waals surface area contributed by atoms with Crippen LogP contribution in [0, 0.1) is 14.9 Å². The van der Waals surface area contributed by atoms with E-state index in [1.807, 2.05) is 0 Å². The molecule has 0 nitrogen and oxygen atoms in total. The molecule has 0 rings (SSSR count). The SMILES string of the molecule is [CH3-].[CH3-].[V].[V].[W]. The average Bonchev–Trinajstić information content (AvgIpc) is 0. The summed E-state index contributed by atoms with van der Waals surface area (Å²) in [6.45, 7) is 0. The quantitative estimate of drug-likeness (QED) is 0.583. The number of hydrogen-bond donors (Lipinski definition) is 0. The Morgan fingerprint density at radius 2 is 0.600 bits per heavy atom. The van der Waals surface area contributed by atoms with Crippen molar-refractivity contribution in [2.75, 3.05) is 0 Å². The van der Waals surface area contributed by atoms with Crippen LogP contribution in [0.2, 0.25) is 0 Å². The van der Waals surface area contributed by atoms with Crippen LogP contribution in [0.15, 0.2) is 0 Å². The Bertz CT molecular complexity index is 7.61. The second-order valence-electron chi connectivity index (χ2n) is 0. The second-order valence-corrected chi connectivity index (χ2v) is 0. The molecule has 0 spiro atoms. The minimum Gasteiger partial charge on any atom is -0.358 e. The molecule has 32 valence electrons. The molecule has 0 aliphatic rings. The Balaban J connectivity index is 0. The van der Waals surface area contributed by atoms with E-state index in [1.165, 1.54) is 0 Å². The van der Waals surface area contributed by atoms with Crippen LogP contribution < -0.4 is 0 Å². The van der Waals surface area contributed by atoms with Crippen LogP contribution in [-0.4, -0.2) is 0 Å². The Kier molecular flexibility index (Phi) is 547. The Hall–Kier alpha value is 1.86. The molecule has 0 N–H and O–H groups in total. The van der Waals surface area contributed by atoms with Crippen LogP contribution in [0.5, 0.6) is 0 Å². The second kappa shape index (κ2) is 40.1. The van der Waals surface area contributed by atoms with Gasteiger partial charge in [0.15, 0.2) is 0 Å². The maximum absolute atomic E-state index is 0. The van der Waals surface area contributed by atoms with Gasteiger partial charge in [0.1, 0.15) is 0 Å². The van der Waals surface area contributed by atoms with Crippen LogP contribution in [0.1, 0.15) is 0 Å². The van der Waals surface area contributed by atoms with E-state index in [1.54, 1.807) is 0 Å². The van der Waals surface area contributed by atoms with Gasteiger partial charge in [-0.25, -0.2) is 0 Å². The van der Waals surface area contributed by atoms with Crippen LogP contribution in [-0.2, 0) is 58.2 Å². The third-order valence-electron chi connectivity index (χ3n) is 0. The maximum Gasteiger partial charge on any atom is 0 e. The monoisotopic (exact) mass is 316 g/mol. The molecule has 0 unspecified atom stereocenters. The van der Waals surface area contributed by atoms with Gasteiger partial charge >= 0.3 is 0 Å². The molecule has 0 atom stereocenters. The topological polar surface area (TPSA) is 0 Å². The molecule has 3 heteroatoms. The first-order valence-electron chi connectivity index (χ1n) is 0. The molecule has 0 aliphatic carbocycles. The first-order chi connectivity index (χ1) is 0. The minimum absolute atomic E-state index is 0. The van der Waals surface area contributed by atoms with Crippen molar-refractivity contribution in [3.8, 4) is 0 Å². The fourth-order valence-electron chi connectivity index (χ4n) is 0. The van der Waals surface area contributed by atoms with E-state index in [-0.39, 0.29) is 73.0 Å². The zero-order valence-electron chi connectivity index (χ0n) is 3.30. The van der Waals surface area contributed by atoms with E-state index in [4.69, 9.17) is 0 Å². The van der Waals surface area contributed by atoms with Gasteiger partial charge in [0.25, 0.3) is 0 Å². The molecule has 0 saturated carbocycles. The van der Waals surface area contributed by atoms with Crippen LogP contribution >= 0.6 is 0 Å². The number of hydrogen-bond acceptors (Lipinski definition) is 0. The first kappa shape index (κ1) is 68.2. The fourth-order valence-corrected chi connectivity index (χ4v) is 0. The van der Waals surface area contributed by atoms with Gasteiger partial charge in [-0.15, -0.1) is 0 Å². The minimum atomic E-state index is 0. The van der Waals surface area contributed by atoms with E-state index in [9.17, 15) is 0 Å². The van der Waals surface area contributed by atoms with Crippen LogP contribution in [0.4, 0.5) is 0 Å². The summed E-state index contributed by atoms with van der Waals surface area (Å²) in [5.41, 5.74) is 0. The summed E-state index contributed by atoms with van der Waals surface area (Å²) in [5, 5.41) is 0. The van der Waals surface area contributed by atoms with Crippen LogP contribution in [0.25, 0.3) is 0 Å². The summed E-state index contributed by atoms with van der Waals surface area (Å²) >= 11 is 0. The molecule has 0 heterocycles. The fraction of sp³-hybridized carbons (Fsp3) is 0. The normalized spacial score (nSPS) is 0. The Morgan fingerprint density at radius 1 is 0.600 bits per heavy atom. The van der Waals surface area contributed by atoms with Crippen molar-refractivity contribution in [1.29, 1.82) is 0 Å². The molecule has 0 aliphatic heterocycles. The van der Waals surface area contributed by atoms with Crippen molar-refractivity contribution in [2.24, 2.45) is 0 Å². The number of rotatable bonds is 0. The summed E-state index contributed by atoms with van der Waals surface area (Å²) in [6.07, 6.45) is 0. The molecule has 0 amide bonds. The zero-order valence-corrected chi connectivity index (χ0v) is 9.03. The van der Waals surface area contributed by atoms with Crippen LogP contribution in [0.3, 0.4) is 0 Å². The largest absolute Gasteiger partial charge is 0.358 e. The van der Waals surface area contributed by atoms with Crippen molar-refractivity contribution in [2.45, 2.75) is 0 Å². The molecule has 5 heavy (non-hydrogen) atoms. The van der Waals surface area contributed by atoms with Gasteiger partial charge in [0.05, 0.1) is 0 Å². The Labute approximate surface area is 72.5 Å². The van der Waals surface area contributed by atoms with Crippen molar-refractivity contribution >= 4 is 0 Å². The molecule has 0 aromatic rings. The van der Waals surface area contributed by atoms with Crippen molar-refractivity contribution in [3.05, 3.63) is 14.9 Å².